The minimum Gasteiger partial charge on any atom is -0.508 e. The van der Waals surface area contributed by atoms with Crippen molar-refractivity contribution in [1.82, 2.24) is 20.2 Å². The summed E-state index contributed by atoms with van der Waals surface area (Å²) in [6, 6.07) is 6.95. The van der Waals surface area contributed by atoms with Crippen LogP contribution in [0, 0.1) is 0 Å². The van der Waals surface area contributed by atoms with Crippen LogP contribution in [-0.4, -0.2) is 31.1 Å². The largest absolute Gasteiger partial charge is 0.508 e. The fourth-order valence-electron chi connectivity index (χ4n) is 3.48. The summed E-state index contributed by atoms with van der Waals surface area (Å²) >= 11 is 1.70. The van der Waals surface area contributed by atoms with Gasteiger partial charge in [-0.3, -0.25) is 0 Å². The maximum atomic E-state index is 9.41. The standard InChI is InChI=1S/C23H38N4OS/c1-2-3-4-5-6-7-8-9-10-11-12-13-14-15-20-29-23-24-25-26-27(23)21-16-18-22(28)19-17-21/h16-19,28H,2-15,20H2,1H3. The summed E-state index contributed by atoms with van der Waals surface area (Å²) in [5.74, 6) is 1.29. The third-order valence-electron chi connectivity index (χ3n) is 5.26. The lowest BCUT2D eigenvalue weighted by Gasteiger charge is -2.05. The first kappa shape index (κ1) is 23.7. The number of rotatable bonds is 17. The molecule has 0 atom stereocenters. The number of unbranched alkanes of at least 4 members (excludes halogenated alkanes) is 13. The summed E-state index contributed by atoms with van der Waals surface area (Å²) < 4.78 is 1.73. The zero-order valence-electron chi connectivity index (χ0n) is 18.1. The lowest BCUT2D eigenvalue weighted by atomic mass is 10.0. The lowest BCUT2D eigenvalue weighted by Crippen LogP contribution is -1.99. The molecule has 0 spiro atoms. The van der Waals surface area contributed by atoms with Gasteiger partial charge in [-0.2, -0.15) is 4.68 Å². The van der Waals surface area contributed by atoms with Gasteiger partial charge < -0.3 is 5.11 Å². The number of aromatic hydroxyl groups is 1. The minimum atomic E-state index is 0.249. The average Bonchev–Trinajstić information content (AvgIpc) is 3.20. The van der Waals surface area contributed by atoms with E-state index >= 15 is 0 Å². The Kier molecular flexibility index (Phi) is 12.5. The van der Waals surface area contributed by atoms with Crippen molar-refractivity contribution in [2.75, 3.05) is 5.75 Å². The molecule has 162 valence electrons. The van der Waals surface area contributed by atoms with Crippen LogP contribution in [0.2, 0.25) is 0 Å². The third-order valence-corrected chi connectivity index (χ3v) is 6.27. The molecule has 0 aliphatic carbocycles. The molecule has 6 heteroatoms. The molecule has 2 aromatic rings. The van der Waals surface area contributed by atoms with Crippen molar-refractivity contribution >= 4 is 11.8 Å². The number of hydrogen-bond acceptors (Lipinski definition) is 5. The van der Waals surface area contributed by atoms with Crippen LogP contribution < -0.4 is 0 Å². The molecule has 1 aromatic carbocycles. The highest BCUT2D eigenvalue weighted by molar-refractivity contribution is 7.99. The monoisotopic (exact) mass is 418 g/mol. The van der Waals surface area contributed by atoms with Crippen LogP contribution in [0.3, 0.4) is 0 Å². The maximum absolute atomic E-state index is 9.41. The van der Waals surface area contributed by atoms with Gasteiger partial charge in [0.1, 0.15) is 5.75 Å². The molecule has 0 saturated carbocycles. The summed E-state index contributed by atoms with van der Waals surface area (Å²) in [7, 11) is 0. The minimum absolute atomic E-state index is 0.249. The van der Waals surface area contributed by atoms with Crippen molar-refractivity contribution in [3.05, 3.63) is 24.3 Å². The molecular formula is C23H38N4OS. The van der Waals surface area contributed by atoms with E-state index in [1.165, 1.54) is 89.9 Å². The Hall–Kier alpha value is -1.56. The summed E-state index contributed by atoms with van der Waals surface area (Å²) in [4.78, 5) is 0. The second-order valence-electron chi connectivity index (χ2n) is 7.83. The average molecular weight is 419 g/mol. The highest BCUT2D eigenvalue weighted by Gasteiger charge is 2.08. The van der Waals surface area contributed by atoms with Gasteiger partial charge >= 0.3 is 0 Å². The Labute approximate surface area is 180 Å². The Balaban J connectivity index is 1.43. The second kappa shape index (κ2) is 15.3. The summed E-state index contributed by atoms with van der Waals surface area (Å²) in [6.45, 7) is 2.28. The third kappa shape index (κ3) is 10.2. The molecule has 0 unspecified atom stereocenters. The zero-order chi connectivity index (χ0) is 20.6. The van der Waals surface area contributed by atoms with Gasteiger partial charge in [0.15, 0.2) is 0 Å². The number of tetrazole rings is 1. The fourth-order valence-corrected chi connectivity index (χ4v) is 4.37. The molecule has 0 bridgehead atoms. The molecular weight excluding hydrogens is 380 g/mol. The maximum Gasteiger partial charge on any atom is 0.214 e. The number of thioether (sulfide) groups is 1. The Morgan fingerprint density at radius 3 is 1.83 bits per heavy atom. The lowest BCUT2D eigenvalue weighted by molar-refractivity contribution is 0.475. The van der Waals surface area contributed by atoms with Crippen molar-refractivity contribution < 1.29 is 5.11 Å². The molecule has 0 radical (unpaired) electrons. The van der Waals surface area contributed by atoms with Crippen LogP contribution in [0.1, 0.15) is 96.8 Å². The van der Waals surface area contributed by atoms with E-state index in [1.807, 2.05) is 12.1 Å². The summed E-state index contributed by atoms with van der Waals surface area (Å²) in [5, 5.41) is 22.2. The SMILES string of the molecule is CCCCCCCCCCCCCCCCSc1nnnn1-c1ccc(O)cc1. The molecule has 0 aliphatic rings. The molecule has 0 saturated heterocycles. The number of phenols is 1. The highest BCUT2D eigenvalue weighted by Crippen LogP contribution is 2.21. The van der Waals surface area contributed by atoms with E-state index in [2.05, 4.69) is 22.4 Å². The molecule has 0 amide bonds. The van der Waals surface area contributed by atoms with Crippen LogP contribution >= 0.6 is 11.8 Å². The number of benzene rings is 1. The normalized spacial score (nSPS) is 11.2. The van der Waals surface area contributed by atoms with Crippen LogP contribution in [0.15, 0.2) is 29.4 Å². The van der Waals surface area contributed by atoms with Crippen LogP contribution in [0.4, 0.5) is 0 Å². The molecule has 2 rings (SSSR count). The predicted molar refractivity (Wildman–Crippen MR) is 122 cm³/mol. The number of aromatic nitrogens is 4. The van der Waals surface area contributed by atoms with Gasteiger partial charge in [-0.25, -0.2) is 0 Å². The van der Waals surface area contributed by atoms with Gasteiger partial charge in [0, 0.05) is 5.75 Å². The van der Waals surface area contributed by atoms with Crippen molar-refractivity contribution in [3.63, 3.8) is 0 Å². The topological polar surface area (TPSA) is 63.8 Å². The second-order valence-corrected chi connectivity index (χ2v) is 8.90. The smallest absolute Gasteiger partial charge is 0.214 e. The summed E-state index contributed by atoms with van der Waals surface area (Å²) in [6.07, 6.45) is 19.3. The fraction of sp³-hybridized carbons (Fsp3) is 0.696. The molecule has 29 heavy (non-hydrogen) atoms. The van der Waals surface area contributed by atoms with Gasteiger partial charge in [-0.1, -0.05) is 102 Å². The Morgan fingerprint density at radius 1 is 0.759 bits per heavy atom. The van der Waals surface area contributed by atoms with Gasteiger partial charge in [0.2, 0.25) is 5.16 Å². The van der Waals surface area contributed by atoms with Crippen molar-refractivity contribution in [3.8, 4) is 11.4 Å². The molecule has 5 nitrogen and oxygen atoms in total. The van der Waals surface area contributed by atoms with E-state index in [1.54, 1.807) is 28.6 Å². The van der Waals surface area contributed by atoms with Gasteiger partial charge in [0.25, 0.3) is 0 Å². The van der Waals surface area contributed by atoms with Crippen molar-refractivity contribution in [2.24, 2.45) is 0 Å². The first-order valence-corrected chi connectivity index (χ1v) is 12.5. The van der Waals surface area contributed by atoms with Gasteiger partial charge in [-0.05, 0) is 41.1 Å². The van der Waals surface area contributed by atoms with Crippen LogP contribution in [0.5, 0.6) is 5.75 Å². The predicted octanol–water partition coefficient (Wildman–Crippen LogP) is 6.94. The van der Waals surface area contributed by atoms with E-state index < -0.39 is 0 Å². The Bertz CT molecular complexity index is 645. The van der Waals surface area contributed by atoms with Gasteiger partial charge in [-0.15, -0.1) is 5.10 Å². The zero-order valence-corrected chi connectivity index (χ0v) is 18.9. The van der Waals surface area contributed by atoms with E-state index in [0.717, 1.165) is 16.6 Å². The first-order valence-electron chi connectivity index (χ1n) is 11.5. The number of hydrogen-bond donors (Lipinski definition) is 1. The quantitative estimate of drug-likeness (QED) is 0.223. The van der Waals surface area contributed by atoms with Crippen molar-refractivity contribution in [1.29, 1.82) is 0 Å². The molecule has 1 aromatic heterocycles. The molecule has 1 heterocycles. The van der Waals surface area contributed by atoms with Gasteiger partial charge in [0.05, 0.1) is 5.69 Å². The molecule has 0 fully saturated rings. The number of nitrogens with zero attached hydrogens (tertiary/aromatic N) is 4. The van der Waals surface area contributed by atoms with E-state index in [0.29, 0.717) is 0 Å². The first-order chi connectivity index (χ1) is 14.3. The molecule has 0 aliphatic heterocycles. The van der Waals surface area contributed by atoms with Crippen LogP contribution in [-0.2, 0) is 0 Å². The highest BCUT2D eigenvalue weighted by atomic mass is 32.2. The Morgan fingerprint density at radius 2 is 1.28 bits per heavy atom. The van der Waals surface area contributed by atoms with E-state index in [4.69, 9.17) is 0 Å². The summed E-state index contributed by atoms with van der Waals surface area (Å²) in [5.41, 5.74) is 0.872. The van der Waals surface area contributed by atoms with Crippen molar-refractivity contribution in [2.45, 2.75) is 102 Å². The van der Waals surface area contributed by atoms with E-state index in [-0.39, 0.29) is 5.75 Å². The number of phenolic OH excluding ortho intramolecular Hbond substituents is 1. The van der Waals surface area contributed by atoms with Crippen LogP contribution in [0.25, 0.3) is 5.69 Å². The van der Waals surface area contributed by atoms with E-state index in [9.17, 15) is 5.11 Å². The molecule has 1 N–H and O–H groups in total.